The number of hydrogen-bond acceptors (Lipinski definition) is 2. The molecule has 0 aromatic heterocycles. The summed E-state index contributed by atoms with van der Waals surface area (Å²) in [7, 11) is 0. The van der Waals surface area contributed by atoms with Crippen molar-refractivity contribution in [1.82, 2.24) is 5.32 Å². The maximum absolute atomic E-state index is 13.9. The fraction of sp³-hybridized carbons (Fsp3) is 0.174. The minimum Gasteiger partial charge on any atom is -0.373 e. The number of alkyl halides is 3. The summed E-state index contributed by atoms with van der Waals surface area (Å²) in [5.41, 5.74) is 0.848. The van der Waals surface area contributed by atoms with E-state index in [1.54, 1.807) is 12.1 Å². The van der Waals surface area contributed by atoms with Gasteiger partial charge in [0.2, 0.25) is 5.91 Å². The van der Waals surface area contributed by atoms with Crippen LogP contribution in [-0.2, 0) is 17.5 Å². The van der Waals surface area contributed by atoms with Crippen LogP contribution < -0.4 is 10.6 Å². The molecule has 0 bridgehead atoms. The number of halogens is 5. The number of rotatable bonds is 4. The normalized spacial score (nSPS) is 17.7. The SMILES string of the molecule is O=C(NCc1cc(F)cc(C(F)(F)F)c1)C1Nc2ccc(F)cc2C1c1ccccc1. The Labute approximate surface area is 174 Å². The van der Waals surface area contributed by atoms with Crippen molar-refractivity contribution in [3.8, 4) is 0 Å². The maximum atomic E-state index is 13.9. The molecular formula is C23H17F5N2O. The van der Waals surface area contributed by atoms with Crippen molar-refractivity contribution in [2.45, 2.75) is 24.7 Å². The van der Waals surface area contributed by atoms with Gasteiger partial charge in [-0.3, -0.25) is 4.79 Å². The van der Waals surface area contributed by atoms with Gasteiger partial charge >= 0.3 is 6.18 Å². The Morgan fingerprint density at radius 1 is 0.935 bits per heavy atom. The van der Waals surface area contributed by atoms with Gasteiger partial charge in [-0.1, -0.05) is 30.3 Å². The van der Waals surface area contributed by atoms with Gasteiger partial charge in [-0.25, -0.2) is 8.78 Å². The Morgan fingerprint density at radius 3 is 2.39 bits per heavy atom. The van der Waals surface area contributed by atoms with Crippen molar-refractivity contribution >= 4 is 11.6 Å². The van der Waals surface area contributed by atoms with E-state index >= 15 is 0 Å². The third-order valence-electron chi connectivity index (χ3n) is 5.19. The van der Waals surface area contributed by atoms with Gasteiger partial charge in [0.15, 0.2) is 0 Å². The van der Waals surface area contributed by atoms with Crippen LogP contribution in [0.25, 0.3) is 0 Å². The van der Waals surface area contributed by atoms with Crippen molar-refractivity contribution in [3.63, 3.8) is 0 Å². The molecule has 3 aromatic carbocycles. The highest BCUT2D eigenvalue weighted by Gasteiger charge is 2.38. The highest BCUT2D eigenvalue weighted by atomic mass is 19.4. The van der Waals surface area contributed by atoms with Crippen LogP contribution in [0.3, 0.4) is 0 Å². The maximum Gasteiger partial charge on any atom is 0.416 e. The van der Waals surface area contributed by atoms with Crippen LogP contribution in [0.15, 0.2) is 66.7 Å². The molecule has 1 aliphatic heterocycles. The predicted molar refractivity (Wildman–Crippen MR) is 105 cm³/mol. The molecule has 2 atom stereocenters. The monoisotopic (exact) mass is 432 g/mol. The van der Waals surface area contributed by atoms with Gasteiger partial charge in [-0.05, 0) is 53.1 Å². The summed E-state index contributed by atoms with van der Waals surface area (Å²) in [6, 6.07) is 14.5. The second-order valence-electron chi connectivity index (χ2n) is 7.31. The molecule has 1 heterocycles. The minimum absolute atomic E-state index is 0.0153. The smallest absolute Gasteiger partial charge is 0.373 e. The van der Waals surface area contributed by atoms with Crippen LogP contribution in [0.4, 0.5) is 27.6 Å². The number of hydrogen-bond donors (Lipinski definition) is 2. The van der Waals surface area contributed by atoms with E-state index in [1.165, 1.54) is 18.2 Å². The molecule has 0 spiro atoms. The first-order chi connectivity index (χ1) is 14.7. The van der Waals surface area contributed by atoms with E-state index in [9.17, 15) is 26.7 Å². The lowest BCUT2D eigenvalue weighted by molar-refractivity contribution is -0.137. The summed E-state index contributed by atoms with van der Waals surface area (Å²) in [5.74, 6) is -2.47. The van der Waals surface area contributed by atoms with Crippen molar-refractivity contribution in [2.75, 3.05) is 5.32 Å². The van der Waals surface area contributed by atoms with Crippen molar-refractivity contribution in [1.29, 1.82) is 0 Å². The zero-order valence-corrected chi connectivity index (χ0v) is 16.0. The van der Waals surface area contributed by atoms with E-state index in [2.05, 4.69) is 10.6 Å². The number of amides is 1. The lowest BCUT2D eigenvalue weighted by Crippen LogP contribution is -2.40. The lowest BCUT2D eigenvalue weighted by atomic mass is 9.87. The number of nitrogens with one attached hydrogen (secondary N) is 2. The molecule has 8 heteroatoms. The molecular weight excluding hydrogens is 415 g/mol. The van der Waals surface area contributed by atoms with E-state index in [-0.39, 0.29) is 12.1 Å². The topological polar surface area (TPSA) is 41.1 Å². The fourth-order valence-electron chi connectivity index (χ4n) is 3.82. The first kappa shape index (κ1) is 20.8. The average molecular weight is 432 g/mol. The van der Waals surface area contributed by atoms with Gasteiger partial charge in [-0.15, -0.1) is 0 Å². The van der Waals surface area contributed by atoms with E-state index in [0.29, 0.717) is 17.3 Å². The van der Waals surface area contributed by atoms with E-state index in [1.807, 2.05) is 18.2 Å². The molecule has 31 heavy (non-hydrogen) atoms. The van der Waals surface area contributed by atoms with Crippen LogP contribution >= 0.6 is 0 Å². The van der Waals surface area contributed by atoms with Gasteiger partial charge in [-0.2, -0.15) is 13.2 Å². The molecule has 4 rings (SSSR count). The van der Waals surface area contributed by atoms with Crippen LogP contribution in [-0.4, -0.2) is 11.9 Å². The van der Waals surface area contributed by atoms with E-state index in [0.717, 1.165) is 17.7 Å². The van der Waals surface area contributed by atoms with E-state index < -0.39 is 41.2 Å². The Hall–Kier alpha value is -3.42. The highest BCUT2D eigenvalue weighted by Crippen LogP contribution is 2.41. The van der Waals surface area contributed by atoms with Gasteiger partial charge < -0.3 is 10.6 Å². The number of benzene rings is 3. The second kappa shape index (κ2) is 8.02. The van der Waals surface area contributed by atoms with Crippen LogP contribution in [0, 0.1) is 11.6 Å². The molecule has 2 N–H and O–H groups in total. The van der Waals surface area contributed by atoms with Crippen LogP contribution in [0.2, 0.25) is 0 Å². The molecule has 0 saturated heterocycles. The summed E-state index contributed by atoms with van der Waals surface area (Å²) in [5, 5.41) is 5.63. The number of carbonyl (C=O) groups excluding carboxylic acids is 1. The van der Waals surface area contributed by atoms with Gasteiger partial charge in [0.1, 0.15) is 17.7 Å². The summed E-state index contributed by atoms with van der Waals surface area (Å²) < 4.78 is 66.3. The second-order valence-corrected chi connectivity index (χ2v) is 7.31. The Bertz CT molecular complexity index is 1110. The minimum atomic E-state index is -4.70. The molecule has 0 fully saturated rings. The molecule has 0 aliphatic carbocycles. The number of fused-ring (bicyclic) bond motifs is 1. The summed E-state index contributed by atoms with van der Waals surface area (Å²) in [6.07, 6.45) is -4.70. The predicted octanol–water partition coefficient (Wildman–Crippen LogP) is 5.23. The van der Waals surface area contributed by atoms with Gasteiger partial charge in [0.05, 0.1) is 5.56 Å². The third kappa shape index (κ3) is 4.38. The Kier molecular flexibility index (Phi) is 5.39. The van der Waals surface area contributed by atoms with Crippen LogP contribution in [0.1, 0.15) is 28.2 Å². The standard InChI is InChI=1S/C23H17F5N2O/c24-16-6-7-19-18(11-16)20(14-4-2-1-3-5-14)21(30-19)22(31)29-12-13-8-15(23(26,27)28)10-17(25)9-13/h1-11,20-21,30H,12H2,(H,29,31). The van der Waals surface area contributed by atoms with Crippen molar-refractivity contribution < 1.29 is 26.7 Å². The van der Waals surface area contributed by atoms with Crippen molar-refractivity contribution in [2.24, 2.45) is 0 Å². The first-order valence-electron chi connectivity index (χ1n) is 9.47. The zero-order valence-electron chi connectivity index (χ0n) is 16.0. The zero-order chi connectivity index (χ0) is 22.2. The molecule has 0 saturated carbocycles. The lowest BCUT2D eigenvalue weighted by Gasteiger charge is -2.21. The van der Waals surface area contributed by atoms with Gasteiger partial charge in [0, 0.05) is 18.2 Å². The summed E-state index contributed by atoms with van der Waals surface area (Å²) >= 11 is 0. The molecule has 1 amide bonds. The molecule has 3 nitrogen and oxygen atoms in total. The molecule has 3 aromatic rings. The van der Waals surface area contributed by atoms with Gasteiger partial charge in [0.25, 0.3) is 0 Å². The van der Waals surface area contributed by atoms with E-state index in [4.69, 9.17) is 0 Å². The number of anilines is 1. The quantitative estimate of drug-likeness (QED) is 0.555. The molecule has 0 radical (unpaired) electrons. The summed E-state index contributed by atoms with van der Waals surface area (Å²) in [4.78, 5) is 12.9. The average Bonchev–Trinajstić information content (AvgIpc) is 3.10. The number of carbonyl (C=O) groups is 1. The highest BCUT2D eigenvalue weighted by molar-refractivity contribution is 5.89. The Morgan fingerprint density at radius 2 is 1.68 bits per heavy atom. The third-order valence-corrected chi connectivity index (χ3v) is 5.19. The summed E-state index contributed by atoms with van der Waals surface area (Å²) in [6.45, 7) is -0.288. The molecule has 160 valence electrons. The van der Waals surface area contributed by atoms with Crippen LogP contribution in [0.5, 0.6) is 0 Å². The largest absolute Gasteiger partial charge is 0.416 e. The first-order valence-corrected chi connectivity index (χ1v) is 9.47. The van der Waals surface area contributed by atoms with Crippen molar-refractivity contribution in [3.05, 3.63) is 101 Å². The Balaban J connectivity index is 1.58. The molecule has 1 aliphatic rings. The fourth-order valence-corrected chi connectivity index (χ4v) is 3.82. The molecule has 2 unspecified atom stereocenters.